The molecule has 0 aromatic carbocycles. The zero-order valence-electron chi connectivity index (χ0n) is 10.4. The lowest BCUT2D eigenvalue weighted by molar-refractivity contribution is 0.377. The van der Waals surface area contributed by atoms with Gasteiger partial charge in [-0.3, -0.25) is 0 Å². The lowest BCUT2D eigenvalue weighted by Gasteiger charge is -2.21. The lowest BCUT2D eigenvalue weighted by atomic mass is 9.98. The molecule has 0 aliphatic rings. The predicted octanol–water partition coefficient (Wildman–Crippen LogP) is 4.47. The van der Waals surface area contributed by atoms with Gasteiger partial charge in [0.05, 0.1) is 0 Å². The SMILES string of the molecule is CCNC(CCCc1sccc1Br)C(C)C. The number of halogens is 1. The Morgan fingerprint density at radius 1 is 1.44 bits per heavy atom. The van der Waals surface area contributed by atoms with Crippen LogP contribution < -0.4 is 5.32 Å². The molecule has 1 aromatic heterocycles. The van der Waals surface area contributed by atoms with E-state index in [1.54, 1.807) is 0 Å². The molecule has 0 bridgehead atoms. The highest BCUT2D eigenvalue weighted by Gasteiger charge is 2.11. The second-order valence-corrected chi connectivity index (χ2v) is 6.35. The van der Waals surface area contributed by atoms with E-state index in [0.717, 1.165) is 12.5 Å². The van der Waals surface area contributed by atoms with Crippen LogP contribution in [0.2, 0.25) is 0 Å². The third-order valence-corrected chi connectivity index (χ3v) is 4.87. The monoisotopic (exact) mass is 303 g/mol. The van der Waals surface area contributed by atoms with Crippen LogP contribution in [-0.4, -0.2) is 12.6 Å². The molecule has 0 amide bonds. The highest BCUT2D eigenvalue weighted by molar-refractivity contribution is 9.10. The normalized spacial score (nSPS) is 13.3. The van der Waals surface area contributed by atoms with Crippen molar-refractivity contribution in [2.45, 2.75) is 46.1 Å². The van der Waals surface area contributed by atoms with Gasteiger partial charge in [-0.05, 0) is 59.1 Å². The first-order chi connectivity index (χ1) is 7.65. The molecule has 0 radical (unpaired) electrons. The molecule has 0 saturated heterocycles. The van der Waals surface area contributed by atoms with Gasteiger partial charge in [0.15, 0.2) is 0 Å². The first-order valence-electron chi connectivity index (χ1n) is 6.10. The quantitative estimate of drug-likeness (QED) is 0.784. The van der Waals surface area contributed by atoms with Crippen LogP contribution in [0.1, 0.15) is 38.5 Å². The van der Waals surface area contributed by atoms with Gasteiger partial charge < -0.3 is 5.32 Å². The average molecular weight is 304 g/mol. The van der Waals surface area contributed by atoms with Crippen LogP contribution in [0.25, 0.3) is 0 Å². The van der Waals surface area contributed by atoms with E-state index in [4.69, 9.17) is 0 Å². The molecule has 1 rings (SSSR count). The summed E-state index contributed by atoms with van der Waals surface area (Å²) < 4.78 is 1.28. The molecular weight excluding hydrogens is 282 g/mol. The van der Waals surface area contributed by atoms with Gasteiger partial charge >= 0.3 is 0 Å². The van der Waals surface area contributed by atoms with Crippen LogP contribution in [0.5, 0.6) is 0 Å². The zero-order chi connectivity index (χ0) is 12.0. The van der Waals surface area contributed by atoms with E-state index in [2.05, 4.69) is 53.5 Å². The van der Waals surface area contributed by atoms with E-state index in [-0.39, 0.29) is 0 Å². The van der Waals surface area contributed by atoms with Crippen molar-refractivity contribution in [3.63, 3.8) is 0 Å². The predicted molar refractivity (Wildman–Crippen MR) is 77.3 cm³/mol. The number of thiophene rings is 1. The topological polar surface area (TPSA) is 12.0 Å². The van der Waals surface area contributed by atoms with Gasteiger partial charge in [-0.15, -0.1) is 11.3 Å². The summed E-state index contributed by atoms with van der Waals surface area (Å²) in [6.45, 7) is 7.86. The minimum Gasteiger partial charge on any atom is -0.314 e. The molecule has 0 aliphatic carbocycles. The standard InChI is InChI=1S/C13H22BrNS/c1-4-15-12(10(2)3)6-5-7-13-11(14)8-9-16-13/h8-10,12,15H,4-7H2,1-3H3. The van der Waals surface area contributed by atoms with E-state index in [1.807, 2.05) is 11.3 Å². The number of aryl methyl sites for hydroxylation is 1. The van der Waals surface area contributed by atoms with E-state index >= 15 is 0 Å². The summed E-state index contributed by atoms with van der Waals surface area (Å²) >= 11 is 5.44. The largest absolute Gasteiger partial charge is 0.314 e. The van der Waals surface area contributed by atoms with Gasteiger partial charge in [0, 0.05) is 15.4 Å². The molecule has 0 saturated carbocycles. The first-order valence-corrected chi connectivity index (χ1v) is 7.77. The average Bonchev–Trinajstić information content (AvgIpc) is 2.63. The molecular formula is C13H22BrNS. The van der Waals surface area contributed by atoms with Crippen molar-refractivity contribution in [3.05, 3.63) is 20.8 Å². The number of hydrogen-bond acceptors (Lipinski definition) is 2. The van der Waals surface area contributed by atoms with E-state index in [9.17, 15) is 0 Å². The van der Waals surface area contributed by atoms with Gasteiger partial charge in [-0.2, -0.15) is 0 Å². The molecule has 92 valence electrons. The van der Waals surface area contributed by atoms with Crippen LogP contribution in [0.15, 0.2) is 15.9 Å². The van der Waals surface area contributed by atoms with Crippen LogP contribution >= 0.6 is 27.3 Å². The summed E-state index contributed by atoms with van der Waals surface area (Å²) in [6, 6.07) is 2.81. The Bertz CT molecular complexity index is 296. The Balaban J connectivity index is 2.30. The summed E-state index contributed by atoms with van der Waals surface area (Å²) in [4.78, 5) is 1.49. The third kappa shape index (κ3) is 4.56. The molecule has 1 N–H and O–H groups in total. The molecule has 0 aliphatic heterocycles. The zero-order valence-corrected chi connectivity index (χ0v) is 12.8. The van der Waals surface area contributed by atoms with E-state index < -0.39 is 0 Å². The fourth-order valence-electron chi connectivity index (χ4n) is 1.92. The summed E-state index contributed by atoms with van der Waals surface area (Å²) in [5, 5.41) is 5.72. The maximum Gasteiger partial charge on any atom is 0.0314 e. The smallest absolute Gasteiger partial charge is 0.0314 e. The summed E-state index contributed by atoms with van der Waals surface area (Å²) in [6.07, 6.45) is 3.75. The second-order valence-electron chi connectivity index (χ2n) is 4.49. The first kappa shape index (κ1) is 14.2. The number of hydrogen-bond donors (Lipinski definition) is 1. The van der Waals surface area contributed by atoms with Crippen molar-refractivity contribution in [2.75, 3.05) is 6.54 Å². The maximum atomic E-state index is 3.59. The molecule has 1 unspecified atom stereocenters. The summed E-state index contributed by atoms with van der Waals surface area (Å²) in [7, 11) is 0. The second kappa shape index (κ2) is 7.46. The van der Waals surface area contributed by atoms with Crippen molar-refractivity contribution in [1.82, 2.24) is 5.32 Å². The van der Waals surface area contributed by atoms with Gasteiger partial charge in [0.2, 0.25) is 0 Å². The van der Waals surface area contributed by atoms with Crippen molar-refractivity contribution in [1.29, 1.82) is 0 Å². The molecule has 16 heavy (non-hydrogen) atoms. The Labute approximate surface area is 112 Å². The maximum absolute atomic E-state index is 3.59. The molecule has 1 atom stereocenters. The van der Waals surface area contributed by atoms with Crippen molar-refractivity contribution in [2.24, 2.45) is 5.92 Å². The fraction of sp³-hybridized carbons (Fsp3) is 0.692. The highest BCUT2D eigenvalue weighted by atomic mass is 79.9. The van der Waals surface area contributed by atoms with Crippen molar-refractivity contribution < 1.29 is 0 Å². The molecule has 3 heteroatoms. The van der Waals surface area contributed by atoms with Crippen molar-refractivity contribution in [3.8, 4) is 0 Å². The summed E-state index contributed by atoms with van der Waals surface area (Å²) in [5.74, 6) is 0.728. The number of nitrogens with one attached hydrogen (secondary N) is 1. The summed E-state index contributed by atoms with van der Waals surface area (Å²) in [5.41, 5.74) is 0. The van der Waals surface area contributed by atoms with Gasteiger partial charge in [0.1, 0.15) is 0 Å². The fourth-order valence-corrected chi connectivity index (χ4v) is 3.52. The molecule has 1 nitrogen and oxygen atoms in total. The van der Waals surface area contributed by atoms with E-state index in [1.165, 1.54) is 28.6 Å². The molecule has 1 aromatic rings. The van der Waals surface area contributed by atoms with Gasteiger partial charge in [-0.1, -0.05) is 20.8 Å². The van der Waals surface area contributed by atoms with Crippen LogP contribution in [-0.2, 0) is 6.42 Å². The minimum absolute atomic E-state index is 0.670. The Morgan fingerprint density at radius 3 is 2.69 bits per heavy atom. The van der Waals surface area contributed by atoms with Crippen LogP contribution in [0.3, 0.4) is 0 Å². The van der Waals surface area contributed by atoms with Gasteiger partial charge in [0.25, 0.3) is 0 Å². The Hall–Kier alpha value is 0.140. The van der Waals surface area contributed by atoms with Crippen LogP contribution in [0.4, 0.5) is 0 Å². The van der Waals surface area contributed by atoms with Crippen molar-refractivity contribution >= 4 is 27.3 Å². The molecule has 0 fully saturated rings. The van der Waals surface area contributed by atoms with Gasteiger partial charge in [-0.25, -0.2) is 0 Å². The lowest BCUT2D eigenvalue weighted by Crippen LogP contribution is -2.33. The molecule has 1 heterocycles. The third-order valence-electron chi connectivity index (χ3n) is 2.88. The highest BCUT2D eigenvalue weighted by Crippen LogP contribution is 2.24. The van der Waals surface area contributed by atoms with Crippen LogP contribution in [0, 0.1) is 5.92 Å². The number of rotatable bonds is 7. The Kier molecular flexibility index (Phi) is 6.62. The minimum atomic E-state index is 0.670. The van der Waals surface area contributed by atoms with E-state index in [0.29, 0.717) is 6.04 Å². The Morgan fingerprint density at radius 2 is 2.19 bits per heavy atom. The molecule has 0 spiro atoms.